The van der Waals surface area contributed by atoms with Crippen molar-refractivity contribution in [3.8, 4) is 0 Å². The summed E-state index contributed by atoms with van der Waals surface area (Å²) in [4.78, 5) is 2.48. The van der Waals surface area contributed by atoms with Gasteiger partial charge in [0.15, 0.2) is 0 Å². The maximum atomic E-state index is 4.66. The van der Waals surface area contributed by atoms with E-state index in [1.807, 2.05) is 4.68 Å². The fraction of sp³-hybridized carbons (Fsp3) is 0.824. The van der Waals surface area contributed by atoms with Crippen molar-refractivity contribution in [1.82, 2.24) is 15.1 Å². The molecule has 21 heavy (non-hydrogen) atoms. The second-order valence-corrected chi connectivity index (χ2v) is 7.75. The monoisotopic (exact) mass is 294 g/mol. The minimum atomic E-state index is 0.111. The van der Waals surface area contributed by atoms with Gasteiger partial charge in [-0.1, -0.05) is 13.8 Å². The van der Waals surface area contributed by atoms with Crippen LogP contribution in [0.4, 0.5) is 5.82 Å². The maximum absolute atomic E-state index is 4.66. The fourth-order valence-corrected chi connectivity index (χ4v) is 2.54. The average Bonchev–Trinajstić information content (AvgIpc) is 2.56. The summed E-state index contributed by atoms with van der Waals surface area (Å²) >= 11 is 0. The van der Waals surface area contributed by atoms with Gasteiger partial charge in [-0.15, -0.1) is 0 Å². The minimum Gasteiger partial charge on any atom is -0.354 e. The van der Waals surface area contributed by atoms with Crippen molar-refractivity contribution in [2.75, 3.05) is 11.4 Å². The molecule has 1 aromatic heterocycles. The van der Waals surface area contributed by atoms with Crippen LogP contribution in [0, 0.1) is 12.8 Å². The molecule has 0 aliphatic carbocycles. The van der Waals surface area contributed by atoms with Crippen LogP contribution >= 0.6 is 0 Å². The summed E-state index contributed by atoms with van der Waals surface area (Å²) in [6.07, 6.45) is 0. The Hall–Kier alpha value is -1.03. The van der Waals surface area contributed by atoms with E-state index in [1.165, 1.54) is 11.4 Å². The first-order chi connectivity index (χ1) is 9.53. The molecule has 0 spiro atoms. The summed E-state index contributed by atoms with van der Waals surface area (Å²) in [5.74, 6) is 1.89. The van der Waals surface area contributed by atoms with E-state index in [-0.39, 0.29) is 5.54 Å². The molecule has 0 aliphatic heterocycles. The number of hydrogen-bond donors (Lipinski definition) is 1. The highest BCUT2D eigenvalue weighted by molar-refractivity contribution is 5.51. The average molecular weight is 294 g/mol. The van der Waals surface area contributed by atoms with Crippen LogP contribution in [-0.2, 0) is 13.6 Å². The number of aromatic nitrogens is 2. The lowest BCUT2D eigenvalue weighted by Gasteiger charge is -2.32. The molecule has 1 N–H and O–H groups in total. The van der Waals surface area contributed by atoms with Gasteiger partial charge in [-0.05, 0) is 47.5 Å². The van der Waals surface area contributed by atoms with Gasteiger partial charge in [0.1, 0.15) is 5.82 Å². The molecule has 4 nitrogen and oxygen atoms in total. The molecule has 122 valence electrons. The van der Waals surface area contributed by atoms with E-state index in [0.29, 0.717) is 12.0 Å². The van der Waals surface area contributed by atoms with Crippen LogP contribution in [0.15, 0.2) is 0 Å². The number of hydrogen-bond acceptors (Lipinski definition) is 3. The Morgan fingerprint density at radius 3 is 2.19 bits per heavy atom. The molecular formula is C17H34N4. The third-order valence-corrected chi connectivity index (χ3v) is 3.57. The van der Waals surface area contributed by atoms with Crippen LogP contribution in [0.5, 0.6) is 0 Å². The lowest BCUT2D eigenvalue weighted by molar-refractivity contribution is 0.423. The van der Waals surface area contributed by atoms with Crippen molar-refractivity contribution in [1.29, 1.82) is 0 Å². The first-order valence-corrected chi connectivity index (χ1v) is 8.07. The van der Waals surface area contributed by atoms with Crippen molar-refractivity contribution in [2.24, 2.45) is 13.0 Å². The molecular weight excluding hydrogens is 260 g/mol. The SMILES string of the molecule is Cc1nn(C)c(N(CC(C)C)C(C)C)c1CNC(C)(C)C. The van der Waals surface area contributed by atoms with Crippen LogP contribution < -0.4 is 10.2 Å². The summed E-state index contributed by atoms with van der Waals surface area (Å²) in [6, 6.07) is 0.468. The highest BCUT2D eigenvalue weighted by Gasteiger charge is 2.23. The molecule has 1 aromatic rings. The number of nitrogens with one attached hydrogen (secondary N) is 1. The Labute approximate surface area is 130 Å². The number of anilines is 1. The van der Waals surface area contributed by atoms with Gasteiger partial charge in [0, 0.05) is 37.3 Å². The van der Waals surface area contributed by atoms with Crippen LogP contribution in [0.25, 0.3) is 0 Å². The molecule has 0 unspecified atom stereocenters. The predicted octanol–water partition coefficient (Wildman–Crippen LogP) is 3.49. The van der Waals surface area contributed by atoms with Gasteiger partial charge >= 0.3 is 0 Å². The van der Waals surface area contributed by atoms with E-state index in [2.05, 4.69) is 77.8 Å². The van der Waals surface area contributed by atoms with Crippen molar-refractivity contribution < 1.29 is 0 Å². The fourth-order valence-electron chi connectivity index (χ4n) is 2.54. The Kier molecular flexibility index (Phi) is 5.85. The molecule has 0 aromatic carbocycles. The zero-order valence-electron chi connectivity index (χ0n) is 15.4. The Bertz CT molecular complexity index is 452. The zero-order valence-corrected chi connectivity index (χ0v) is 15.4. The molecule has 0 saturated heterocycles. The largest absolute Gasteiger partial charge is 0.354 e. The highest BCUT2D eigenvalue weighted by Crippen LogP contribution is 2.26. The first kappa shape index (κ1) is 18.0. The molecule has 0 atom stereocenters. The number of nitrogens with zero attached hydrogens (tertiary/aromatic N) is 3. The van der Waals surface area contributed by atoms with E-state index in [1.54, 1.807) is 0 Å². The summed E-state index contributed by atoms with van der Waals surface area (Å²) in [7, 11) is 2.05. The summed E-state index contributed by atoms with van der Waals surface area (Å²) in [5.41, 5.74) is 2.56. The molecule has 0 bridgehead atoms. The third-order valence-electron chi connectivity index (χ3n) is 3.57. The second-order valence-electron chi connectivity index (χ2n) is 7.75. The van der Waals surface area contributed by atoms with Crippen LogP contribution in [0.1, 0.15) is 59.7 Å². The molecule has 0 radical (unpaired) electrons. The molecule has 0 saturated carbocycles. The molecule has 0 aliphatic rings. The summed E-state index contributed by atoms with van der Waals surface area (Å²) < 4.78 is 2.04. The second kappa shape index (κ2) is 6.82. The third kappa shape index (κ3) is 5.03. The Morgan fingerprint density at radius 2 is 1.76 bits per heavy atom. The van der Waals surface area contributed by atoms with Gasteiger partial charge in [0.25, 0.3) is 0 Å². The van der Waals surface area contributed by atoms with E-state index in [4.69, 9.17) is 0 Å². The van der Waals surface area contributed by atoms with E-state index in [9.17, 15) is 0 Å². The molecule has 0 fully saturated rings. The van der Waals surface area contributed by atoms with E-state index in [0.717, 1.165) is 18.8 Å². The maximum Gasteiger partial charge on any atom is 0.131 e. The number of rotatable bonds is 6. The minimum absolute atomic E-state index is 0.111. The first-order valence-electron chi connectivity index (χ1n) is 8.07. The van der Waals surface area contributed by atoms with Crippen LogP contribution in [0.2, 0.25) is 0 Å². The van der Waals surface area contributed by atoms with Gasteiger partial charge < -0.3 is 10.2 Å². The smallest absolute Gasteiger partial charge is 0.131 e. The molecule has 1 heterocycles. The molecule has 0 amide bonds. The standard InChI is InChI=1S/C17H34N4/c1-12(2)11-21(13(3)4)16-15(10-18-17(6,7)8)14(5)19-20(16)9/h12-13,18H,10-11H2,1-9H3. The van der Waals surface area contributed by atoms with Gasteiger partial charge in [-0.25, -0.2) is 0 Å². The number of aryl methyl sites for hydroxylation is 2. The van der Waals surface area contributed by atoms with Crippen molar-refractivity contribution in [3.05, 3.63) is 11.3 Å². The Morgan fingerprint density at radius 1 is 1.19 bits per heavy atom. The topological polar surface area (TPSA) is 33.1 Å². The zero-order chi connectivity index (χ0) is 16.4. The van der Waals surface area contributed by atoms with Gasteiger partial charge in [0.05, 0.1) is 5.69 Å². The van der Waals surface area contributed by atoms with Gasteiger partial charge in [0.2, 0.25) is 0 Å². The lowest BCUT2D eigenvalue weighted by Crippen LogP contribution is -2.38. The quantitative estimate of drug-likeness (QED) is 0.872. The van der Waals surface area contributed by atoms with Crippen molar-refractivity contribution >= 4 is 5.82 Å². The van der Waals surface area contributed by atoms with E-state index < -0.39 is 0 Å². The highest BCUT2D eigenvalue weighted by atomic mass is 15.4. The van der Waals surface area contributed by atoms with E-state index >= 15 is 0 Å². The lowest BCUT2D eigenvalue weighted by atomic mass is 10.1. The van der Waals surface area contributed by atoms with Crippen LogP contribution in [0.3, 0.4) is 0 Å². The van der Waals surface area contributed by atoms with Gasteiger partial charge in [-0.2, -0.15) is 5.10 Å². The van der Waals surface area contributed by atoms with Crippen LogP contribution in [-0.4, -0.2) is 27.9 Å². The Balaban J connectivity index is 3.14. The van der Waals surface area contributed by atoms with Crippen molar-refractivity contribution in [2.45, 2.75) is 73.5 Å². The predicted molar refractivity (Wildman–Crippen MR) is 91.9 cm³/mol. The van der Waals surface area contributed by atoms with Gasteiger partial charge in [-0.3, -0.25) is 4.68 Å². The molecule has 4 heteroatoms. The van der Waals surface area contributed by atoms with Crippen molar-refractivity contribution in [3.63, 3.8) is 0 Å². The molecule has 1 rings (SSSR count). The normalized spacial score (nSPS) is 12.5. The summed E-state index contributed by atoms with van der Waals surface area (Å²) in [5, 5.41) is 8.26. The summed E-state index contributed by atoms with van der Waals surface area (Å²) in [6.45, 7) is 19.7.